The Hall–Kier alpha value is -4.46. The molecule has 3 N–H and O–H groups in total. The Bertz CT molecular complexity index is 1600. The highest BCUT2D eigenvalue weighted by Crippen LogP contribution is 2.17. The first-order valence-electron chi connectivity index (χ1n) is 16.5. The Kier molecular flexibility index (Phi) is 14.2. The third kappa shape index (κ3) is 11.6. The second-order valence-corrected chi connectivity index (χ2v) is 14.8. The molecule has 1 heterocycles. The van der Waals surface area contributed by atoms with Crippen molar-refractivity contribution >= 4 is 39.4 Å². The monoisotopic (exact) mass is 699 g/mol. The van der Waals surface area contributed by atoms with Gasteiger partial charge in [-0.2, -0.15) is 0 Å². The minimum atomic E-state index is -3.55. The fraction of sp³-hybridized carbons (Fsp3) is 0.514. The summed E-state index contributed by atoms with van der Waals surface area (Å²) in [4.78, 5) is 70.2. The molecule has 0 radical (unpaired) electrons. The molecule has 3 rings (SSSR count). The van der Waals surface area contributed by atoms with Crippen LogP contribution in [0.15, 0.2) is 53.4 Å². The first-order valence-corrected chi connectivity index (χ1v) is 18.4. The number of nitrogens with one attached hydrogen (secondary N) is 3. The summed E-state index contributed by atoms with van der Waals surface area (Å²) in [5.74, 6) is -1.53. The third-order valence-corrected chi connectivity index (χ3v) is 9.52. The van der Waals surface area contributed by atoms with Crippen LogP contribution in [0.25, 0.3) is 0 Å². The van der Waals surface area contributed by atoms with Gasteiger partial charge in [0.25, 0.3) is 5.91 Å². The normalized spacial score (nSPS) is 20.9. The van der Waals surface area contributed by atoms with Crippen molar-refractivity contribution < 1.29 is 37.1 Å². The summed E-state index contributed by atoms with van der Waals surface area (Å²) in [6.45, 7) is 6.02. The number of rotatable bonds is 7. The van der Waals surface area contributed by atoms with E-state index in [4.69, 9.17) is 4.74 Å². The van der Waals surface area contributed by atoms with Gasteiger partial charge < -0.3 is 30.5 Å². The lowest BCUT2D eigenvalue weighted by Gasteiger charge is -2.30. The minimum absolute atomic E-state index is 0.0137. The molecule has 1 aliphatic heterocycles. The van der Waals surface area contributed by atoms with Gasteiger partial charge in [-0.3, -0.25) is 24.0 Å². The van der Waals surface area contributed by atoms with Crippen LogP contribution in [0.1, 0.15) is 62.4 Å². The molecule has 1 saturated heterocycles. The lowest BCUT2D eigenvalue weighted by atomic mass is 10.00. The highest BCUT2D eigenvalue weighted by atomic mass is 32.2. The van der Waals surface area contributed by atoms with E-state index in [1.54, 1.807) is 38.3 Å². The van der Waals surface area contributed by atoms with Gasteiger partial charge in [0, 0.05) is 51.3 Å². The number of hydrogen-bond donors (Lipinski definition) is 3. The van der Waals surface area contributed by atoms with E-state index in [1.807, 2.05) is 13.8 Å². The molecule has 0 spiro atoms. The lowest BCUT2D eigenvalue weighted by Crippen LogP contribution is -2.57. The predicted molar refractivity (Wildman–Crippen MR) is 185 cm³/mol. The smallest absolute Gasteiger partial charge is 0.253 e. The van der Waals surface area contributed by atoms with E-state index in [-0.39, 0.29) is 61.2 Å². The van der Waals surface area contributed by atoms with E-state index < -0.39 is 51.6 Å². The Morgan fingerprint density at radius 2 is 1.63 bits per heavy atom. The van der Waals surface area contributed by atoms with E-state index in [9.17, 15) is 32.4 Å². The number of ether oxygens (including phenoxy) is 1. The molecule has 5 amide bonds. The van der Waals surface area contributed by atoms with Crippen LogP contribution in [0.4, 0.5) is 0 Å². The van der Waals surface area contributed by atoms with Gasteiger partial charge in [0.05, 0.1) is 12.0 Å². The van der Waals surface area contributed by atoms with Gasteiger partial charge in [-0.15, -0.1) is 0 Å². The highest BCUT2D eigenvalue weighted by molar-refractivity contribution is 7.90. The van der Waals surface area contributed by atoms with Crippen LogP contribution in [0.5, 0.6) is 5.75 Å². The van der Waals surface area contributed by atoms with Crippen molar-refractivity contribution in [3.8, 4) is 5.75 Å². The molecule has 1 aliphatic rings. The molecular formula is C35H49N5O8S. The maximum Gasteiger partial charge on any atom is 0.253 e. The van der Waals surface area contributed by atoms with Gasteiger partial charge in [-0.25, -0.2) is 8.42 Å². The largest absolute Gasteiger partial charge is 0.497 e. The summed E-state index contributed by atoms with van der Waals surface area (Å²) in [6, 6.07) is 10.0. The predicted octanol–water partition coefficient (Wildman–Crippen LogP) is 1.95. The number of methoxy groups -OCH3 is 1. The van der Waals surface area contributed by atoms with Crippen molar-refractivity contribution in [2.45, 2.75) is 75.9 Å². The summed E-state index contributed by atoms with van der Waals surface area (Å²) in [5, 5.41) is 8.48. The maximum absolute atomic E-state index is 13.8. The summed E-state index contributed by atoms with van der Waals surface area (Å²) < 4.78 is 29.4. The van der Waals surface area contributed by atoms with Gasteiger partial charge in [0.15, 0.2) is 9.84 Å². The molecule has 0 saturated carbocycles. The van der Waals surface area contributed by atoms with Crippen molar-refractivity contribution in [3.63, 3.8) is 0 Å². The first-order chi connectivity index (χ1) is 23.1. The zero-order chi connectivity index (χ0) is 36.3. The molecule has 14 heteroatoms. The van der Waals surface area contributed by atoms with Crippen molar-refractivity contribution in [3.05, 3.63) is 59.7 Å². The van der Waals surface area contributed by atoms with Crippen molar-refractivity contribution in [2.24, 2.45) is 5.92 Å². The molecule has 2 aromatic carbocycles. The number of nitrogens with zero attached hydrogens (tertiary/aromatic N) is 2. The molecule has 13 nitrogen and oxygen atoms in total. The second kappa shape index (κ2) is 17.8. The standard InChI is InChI=1S/C35H49N5O8S/c1-23(2)20-29-33(43)38-30(21-25-13-15-27(48-5)16-14-25)35(45)39(4)24(3)32(42)36-17-9-19-40(18-8-12-31(41)37-29)34(44)26-10-7-11-28(22-26)49(6,46)47/h7,10-11,13-16,22-24,29-30H,8-9,12,17-21H2,1-6H3,(H,36,42)(H,37,41)(H,38,43)/t24-,29+,30-/m0/s1. The van der Waals surface area contributed by atoms with E-state index in [1.165, 1.54) is 41.1 Å². The van der Waals surface area contributed by atoms with Crippen LogP contribution in [0.3, 0.4) is 0 Å². The average molecular weight is 700 g/mol. The Morgan fingerprint density at radius 1 is 0.959 bits per heavy atom. The number of carbonyl (C=O) groups excluding carboxylic acids is 5. The van der Waals surface area contributed by atoms with Crippen LogP contribution >= 0.6 is 0 Å². The Balaban J connectivity index is 1.88. The number of amides is 5. The molecule has 268 valence electrons. The molecule has 1 fully saturated rings. The third-order valence-electron chi connectivity index (χ3n) is 8.41. The highest BCUT2D eigenvalue weighted by Gasteiger charge is 2.32. The van der Waals surface area contributed by atoms with Gasteiger partial charge in [0.2, 0.25) is 23.6 Å². The fourth-order valence-corrected chi connectivity index (χ4v) is 6.14. The SMILES string of the molecule is COc1ccc(C[C@@H]2NC(=O)[C@@H](CC(C)C)NC(=O)CCCN(C(=O)c3cccc(S(C)(=O)=O)c3)CCCNC(=O)[C@H](C)N(C)C2=O)cc1. The van der Waals surface area contributed by atoms with Gasteiger partial charge >= 0.3 is 0 Å². The van der Waals surface area contributed by atoms with E-state index >= 15 is 0 Å². The molecule has 0 unspecified atom stereocenters. The van der Waals surface area contributed by atoms with Crippen molar-refractivity contribution in [1.82, 2.24) is 25.8 Å². The number of likely N-dealkylation sites (N-methyl/N-ethyl adjacent to an activating group) is 1. The first kappa shape index (κ1) is 39.0. The molecule has 0 aromatic heterocycles. The molecule has 49 heavy (non-hydrogen) atoms. The summed E-state index contributed by atoms with van der Waals surface area (Å²) in [5.41, 5.74) is 0.948. The van der Waals surface area contributed by atoms with Crippen LogP contribution in [-0.2, 0) is 35.4 Å². The topological polar surface area (TPSA) is 171 Å². The van der Waals surface area contributed by atoms with Gasteiger partial charge in [-0.1, -0.05) is 32.0 Å². The Morgan fingerprint density at radius 3 is 2.27 bits per heavy atom. The molecular weight excluding hydrogens is 650 g/mol. The van der Waals surface area contributed by atoms with E-state index in [2.05, 4.69) is 16.0 Å². The molecule has 3 atom stereocenters. The van der Waals surface area contributed by atoms with Crippen LogP contribution in [-0.4, -0.2) is 106 Å². The van der Waals surface area contributed by atoms with Crippen LogP contribution in [0, 0.1) is 5.92 Å². The number of hydrogen-bond acceptors (Lipinski definition) is 8. The summed E-state index contributed by atoms with van der Waals surface area (Å²) >= 11 is 0. The zero-order valence-electron chi connectivity index (χ0n) is 29.2. The van der Waals surface area contributed by atoms with Crippen molar-refractivity contribution in [2.75, 3.05) is 40.0 Å². The van der Waals surface area contributed by atoms with Crippen LogP contribution in [0.2, 0.25) is 0 Å². The fourth-order valence-electron chi connectivity index (χ4n) is 5.47. The molecule has 0 bridgehead atoms. The number of benzene rings is 2. The summed E-state index contributed by atoms with van der Waals surface area (Å²) in [7, 11) is -0.501. The van der Waals surface area contributed by atoms with Gasteiger partial charge in [-0.05, 0) is 68.0 Å². The Labute approximate surface area is 289 Å². The quantitative estimate of drug-likeness (QED) is 0.394. The molecule has 0 aliphatic carbocycles. The van der Waals surface area contributed by atoms with E-state index in [0.29, 0.717) is 18.6 Å². The molecule has 2 aromatic rings. The van der Waals surface area contributed by atoms with E-state index in [0.717, 1.165) is 11.8 Å². The average Bonchev–Trinajstić information content (AvgIpc) is 3.06. The van der Waals surface area contributed by atoms with Gasteiger partial charge in [0.1, 0.15) is 23.9 Å². The zero-order valence-corrected chi connectivity index (χ0v) is 30.0. The minimum Gasteiger partial charge on any atom is -0.497 e. The maximum atomic E-state index is 13.8. The lowest BCUT2D eigenvalue weighted by molar-refractivity contribution is -0.141. The number of carbonyl (C=O) groups is 5. The second-order valence-electron chi connectivity index (χ2n) is 12.8. The van der Waals surface area contributed by atoms with Crippen LogP contribution < -0.4 is 20.7 Å². The summed E-state index contributed by atoms with van der Waals surface area (Å²) in [6.07, 6.45) is 2.18. The van der Waals surface area contributed by atoms with Crippen molar-refractivity contribution in [1.29, 1.82) is 0 Å². The number of sulfone groups is 1.